The Balaban J connectivity index is 1.81. The molecule has 1 aromatic rings. The minimum absolute atomic E-state index is 0.156. The van der Waals surface area contributed by atoms with E-state index in [9.17, 15) is 9.90 Å². The summed E-state index contributed by atoms with van der Waals surface area (Å²) in [4.78, 5) is 12.0. The second-order valence-electron chi connectivity index (χ2n) is 5.44. The zero-order valence-corrected chi connectivity index (χ0v) is 13.3. The number of carbonyl (C=O) groups excluding carboxylic acids is 1. The number of hydrogen-bond donors (Lipinski definition) is 3. The normalized spacial score (nSPS) is 21.8. The lowest BCUT2D eigenvalue weighted by atomic mass is 9.93. The van der Waals surface area contributed by atoms with Gasteiger partial charge in [0.2, 0.25) is 0 Å². The van der Waals surface area contributed by atoms with Gasteiger partial charge in [-0.25, -0.2) is 4.79 Å². The molecule has 1 aromatic carbocycles. The van der Waals surface area contributed by atoms with E-state index in [4.69, 9.17) is 0 Å². The number of aliphatic hydroxyl groups excluding tert-OH is 1. The van der Waals surface area contributed by atoms with Crippen molar-refractivity contribution >= 4 is 23.5 Å². The maximum atomic E-state index is 12.0. The summed E-state index contributed by atoms with van der Waals surface area (Å²) < 4.78 is 0. The topological polar surface area (TPSA) is 61.4 Å². The van der Waals surface area contributed by atoms with Crippen molar-refractivity contribution < 1.29 is 9.90 Å². The summed E-state index contributed by atoms with van der Waals surface area (Å²) in [5.41, 5.74) is 2.05. The predicted octanol–water partition coefficient (Wildman–Crippen LogP) is 3.36. The molecule has 1 fully saturated rings. The van der Waals surface area contributed by atoms with Crippen molar-refractivity contribution in [3.8, 4) is 0 Å². The van der Waals surface area contributed by atoms with Gasteiger partial charge in [-0.3, -0.25) is 0 Å². The lowest BCUT2D eigenvalue weighted by molar-refractivity contribution is 0.118. The van der Waals surface area contributed by atoms with E-state index in [1.807, 2.05) is 30.0 Å². The van der Waals surface area contributed by atoms with Crippen molar-refractivity contribution in [1.29, 1.82) is 0 Å². The van der Waals surface area contributed by atoms with Gasteiger partial charge in [0.25, 0.3) is 0 Å². The maximum absolute atomic E-state index is 12.0. The molecule has 3 N–H and O–H groups in total. The van der Waals surface area contributed by atoms with Gasteiger partial charge in [-0.15, -0.1) is 0 Å². The third-order valence-corrected chi connectivity index (χ3v) is 4.64. The number of anilines is 1. The Hall–Kier alpha value is -1.20. The molecule has 0 heterocycles. The van der Waals surface area contributed by atoms with Gasteiger partial charge >= 0.3 is 6.03 Å². The van der Waals surface area contributed by atoms with E-state index < -0.39 is 0 Å². The quantitative estimate of drug-likeness (QED) is 0.781. The number of urea groups is 1. The van der Waals surface area contributed by atoms with Crippen LogP contribution in [0.4, 0.5) is 10.5 Å². The van der Waals surface area contributed by atoms with Gasteiger partial charge in [-0.2, -0.15) is 11.8 Å². The summed E-state index contributed by atoms with van der Waals surface area (Å²) in [6.45, 7) is 2.14. The lowest BCUT2D eigenvalue weighted by Crippen LogP contribution is -2.40. The van der Waals surface area contributed by atoms with Crippen LogP contribution in [0.5, 0.6) is 0 Å². The number of hydrogen-bond acceptors (Lipinski definition) is 3. The van der Waals surface area contributed by atoms with Crippen LogP contribution in [0, 0.1) is 0 Å². The number of rotatable bonds is 5. The largest absolute Gasteiger partial charge is 0.393 e. The van der Waals surface area contributed by atoms with Crippen molar-refractivity contribution in [3.63, 3.8) is 0 Å². The van der Waals surface area contributed by atoms with Crippen LogP contribution in [-0.4, -0.2) is 29.0 Å². The summed E-state index contributed by atoms with van der Waals surface area (Å²) >= 11 is 1.87. The fraction of sp³-hybridized carbons (Fsp3) is 0.562. The molecule has 116 valence electrons. The van der Waals surface area contributed by atoms with Crippen LogP contribution >= 0.6 is 11.8 Å². The molecule has 2 rings (SSSR count). The van der Waals surface area contributed by atoms with E-state index in [2.05, 4.69) is 23.6 Å². The summed E-state index contributed by atoms with van der Waals surface area (Å²) in [7, 11) is 0. The van der Waals surface area contributed by atoms with E-state index in [-0.39, 0.29) is 18.2 Å². The number of nitrogens with one attached hydrogen (secondary N) is 2. The molecule has 0 radical (unpaired) electrons. The van der Waals surface area contributed by atoms with Crippen LogP contribution < -0.4 is 10.6 Å². The molecular weight excluding hydrogens is 284 g/mol. The van der Waals surface area contributed by atoms with Crippen molar-refractivity contribution in [2.24, 2.45) is 0 Å². The maximum Gasteiger partial charge on any atom is 0.319 e. The molecule has 0 spiro atoms. The standard InChI is InChI=1S/C16H24N2O2S/c1-2-21-11-12-4-3-5-14(10-12)18-16(20)17-13-6-8-15(19)9-7-13/h3-5,10,13,15,19H,2,6-9,11H2,1H3,(H2,17,18,20). The molecule has 5 heteroatoms. The van der Waals surface area contributed by atoms with Crippen LogP contribution in [0.1, 0.15) is 38.2 Å². The Labute approximate surface area is 130 Å². The Morgan fingerprint density at radius 2 is 2.10 bits per heavy atom. The van der Waals surface area contributed by atoms with E-state index in [0.29, 0.717) is 0 Å². The molecule has 0 bridgehead atoms. The third-order valence-electron chi connectivity index (χ3n) is 3.69. The summed E-state index contributed by atoms with van der Waals surface area (Å²) in [5.74, 6) is 2.06. The Morgan fingerprint density at radius 1 is 1.33 bits per heavy atom. The molecular formula is C16H24N2O2S. The number of benzene rings is 1. The average molecular weight is 308 g/mol. The fourth-order valence-electron chi connectivity index (χ4n) is 2.53. The summed E-state index contributed by atoms with van der Waals surface area (Å²) in [5, 5.41) is 15.3. The Kier molecular flexibility index (Phi) is 6.39. The zero-order chi connectivity index (χ0) is 15.1. The number of thioether (sulfide) groups is 1. The van der Waals surface area contributed by atoms with Gasteiger partial charge in [0.05, 0.1) is 6.10 Å². The minimum atomic E-state index is -0.196. The SMILES string of the molecule is CCSCc1cccc(NC(=O)NC2CCC(O)CC2)c1. The lowest BCUT2D eigenvalue weighted by Gasteiger charge is -2.26. The van der Waals surface area contributed by atoms with E-state index >= 15 is 0 Å². The first-order valence-electron chi connectivity index (χ1n) is 7.59. The van der Waals surface area contributed by atoms with Gasteiger partial charge in [0.1, 0.15) is 0 Å². The van der Waals surface area contributed by atoms with Crippen LogP contribution in [0.15, 0.2) is 24.3 Å². The van der Waals surface area contributed by atoms with Crippen molar-refractivity contribution in [2.45, 2.75) is 50.5 Å². The first kappa shape index (κ1) is 16.2. The first-order chi connectivity index (χ1) is 10.2. The van der Waals surface area contributed by atoms with Gasteiger partial charge < -0.3 is 15.7 Å². The van der Waals surface area contributed by atoms with Crippen LogP contribution in [0.3, 0.4) is 0 Å². The molecule has 0 unspecified atom stereocenters. The minimum Gasteiger partial charge on any atom is -0.393 e. The average Bonchev–Trinajstić information content (AvgIpc) is 2.48. The third kappa shape index (κ3) is 5.59. The van der Waals surface area contributed by atoms with E-state index in [0.717, 1.165) is 42.9 Å². The molecule has 0 aromatic heterocycles. The van der Waals surface area contributed by atoms with Crippen molar-refractivity contribution in [2.75, 3.05) is 11.1 Å². The highest BCUT2D eigenvalue weighted by Crippen LogP contribution is 2.19. The molecule has 2 amide bonds. The number of carbonyl (C=O) groups is 1. The molecule has 0 aliphatic heterocycles. The highest BCUT2D eigenvalue weighted by molar-refractivity contribution is 7.98. The smallest absolute Gasteiger partial charge is 0.319 e. The Morgan fingerprint density at radius 3 is 2.81 bits per heavy atom. The summed E-state index contributed by atoms with van der Waals surface area (Å²) in [6.07, 6.45) is 3.05. The van der Waals surface area contributed by atoms with Crippen LogP contribution in [-0.2, 0) is 5.75 Å². The monoisotopic (exact) mass is 308 g/mol. The first-order valence-corrected chi connectivity index (χ1v) is 8.75. The Bertz CT molecular complexity index is 459. The molecule has 1 saturated carbocycles. The number of amides is 2. The molecule has 1 aliphatic rings. The van der Waals surface area contributed by atoms with Crippen LogP contribution in [0.2, 0.25) is 0 Å². The highest BCUT2D eigenvalue weighted by atomic mass is 32.2. The van der Waals surface area contributed by atoms with Crippen molar-refractivity contribution in [1.82, 2.24) is 5.32 Å². The highest BCUT2D eigenvalue weighted by Gasteiger charge is 2.20. The molecule has 21 heavy (non-hydrogen) atoms. The molecule has 0 atom stereocenters. The number of aliphatic hydroxyl groups is 1. The van der Waals surface area contributed by atoms with Gasteiger partial charge in [0, 0.05) is 17.5 Å². The molecule has 0 saturated heterocycles. The van der Waals surface area contributed by atoms with Gasteiger partial charge in [-0.05, 0) is 49.1 Å². The van der Waals surface area contributed by atoms with E-state index in [1.54, 1.807) is 0 Å². The van der Waals surface area contributed by atoms with E-state index in [1.165, 1.54) is 5.56 Å². The molecule has 1 aliphatic carbocycles. The molecule has 4 nitrogen and oxygen atoms in total. The van der Waals surface area contributed by atoms with Gasteiger partial charge in [-0.1, -0.05) is 19.1 Å². The zero-order valence-electron chi connectivity index (χ0n) is 12.5. The second-order valence-corrected chi connectivity index (χ2v) is 6.72. The van der Waals surface area contributed by atoms with Crippen molar-refractivity contribution in [3.05, 3.63) is 29.8 Å². The summed E-state index contributed by atoms with van der Waals surface area (Å²) in [6, 6.07) is 7.99. The second kappa shape index (κ2) is 8.29. The predicted molar refractivity (Wildman–Crippen MR) is 88.7 cm³/mol. The van der Waals surface area contributed by atoms with Gasteiger partial charge in [0.15, 0.2) is 0 Å². The fourth-order valence-corrected chi connectivity index (χ4v) is 3.15. The van der Waals surface area contributed by atoms with Crippen LogP contribution in [0.25, 0.3) is 0 Å².